The van der Waals surface area contributed by atoms with Gasteiger partial charge in [0, 0.05) is 25.0 Å². The first-order valence-electron chi connectivity index (χ1n) is 8.45. The van der Waals surface area contributed by atoms with E-state index in [1.54, 1.807) is 12.3 Å². The van der Waals surface area contributed by atoms with Crippen molar-refractivity contribution in [2.24, 2.45) is 10.9 Å². The summed E-state index contributed by atoms with van der Waals surface area (Å²) in [7, 11) is 0. The fourth-order valence-corrected chi connectivity index (χ4v) is 3.22. The van der Waals surface area contributed by atoms with Gasteiger partial charge >= 0.3 is 0 Å². The molecule has 3 rings (SSSR count). The smallest absolute Gasteiger partial charge is 0.278 e. The van der Waals surface area contributed by atoms with Crippen LogP contribution in [0.3, 0.4) is 0 Å². The molecule has 1 fully saturated rings. The lowest BCUT2D eigenvalue weighted by Gasteiger charge is -2.36. The Morgan fingerprint density at radius 1 is 1.38 bits per heavy atom. The second-order valence-corrected chi connectivity index (χ2v) is 6.86. The van der Waals surface area contributed by atoms with E-state index in [4.69, 9.17) is 11.6 Å². The molecule has 1 saturated carbocycles. The number of amides is 1. The summed E-state index contributed by atoms with van der Waals surface area (Å²) < 4.78 is 40.1. The number of aliphatic imine (C=N–C) groups is 1. The molecule has 4 nitrogen and oxygen atoms in total. The Morgan fingerprint density at radius 3 is 2.85 bits per heavy atom. The first kappa shape index (κ1) is 18.8. The number of halogens is 4. The van der Waals surface area contributed by atoms with Gasteiger partial charge in [-0.05, 0) is 30.5 Å². The first-order valence-corrected chi connectivity index (χ1v) is 8.83. The zero-order chi connectivity index (χ0) is 18.7. The third-order valence-corrected chi connectivity index (χ3v) is 4.92. The molecule has 2 unspecified atom stereocenters. The summed E-state index contributed by atoms with van der Waals surface area (Å²) in [6, 6.07) is 3.65. The minimum absolute atomic E-state index is 0.0226. The summed E-state index contributed by atoms with van der Waals surface area (Å²) in [6.45, 7) is 0.144. The number of carbonyl (C=O) groups excluding carboxylic acids is 1. The van der Waals surface area contributed by atoms with Crippen LogP contribution in [0.5, 0.6) is 0 Å². The van der Waals surface area contributed by atoms with Gasteiger partial charge in [0.15, 0.2) is 6.17 Å². The summed E-state index contributed by atoms with van der Waals surface area (Å²) in [5, 5.41) is 2.44. The molecule has 1 amide bonds. The van der Waals surface area contributed by atoms with Crippen LogP contribution in [0.15, 0.2) is 35.5 Å². The number of carbonyl (C=O) groups is 1. The van der Waals surface area contributed by atoms with Gasteiger partial charge in [-0.1, -0.05) is 30.5 Å². The van der Waals surface area contributed by atoms with E-state index in [9.17, 15) is 18.0 Å². The number of alkyl halides is 2. The Morgan fingerprint density at radius 2 is 2.15 bits per heavy atom. The highest BCUT2D eigenvalue weighted by Gasteiger charge is 2.35. The Bertz CT molecular complexity index is 722. The van der Waals surface area contributed by atoms with Gasteiger partial charge in [-0.3, -0.25) is 9.79 Å². The molecule has 1 aliphatic carbocycles. The average molecular weight is 386 g/mol. The summed E-state index contributed by atoms with van der Waals surface area (Å²) in [5.74, 6) is -0.749. The third kappa shape index (κ3) is 4.38. The van der Waals surface area contributed by atoms with Crippen LogP contribution in [0.25, 0.3) is 0 Å². The number of nitrogens with zero attached hydrogens (tertiary/aromatic N) is 2. The minimum Gasteiger partial charge on any atom is -0.350 e. The van der Waals surface area contributed by atoms with E-state index < -0.39 is 24.3 Å². The van der Waals surface area contributed by atoms with E-state index in [2.05, 4.69) is 10.3 Å². The highest BCUT2D eigenvalue weighted by atomic mass is 35.5. The summed E-state index contributed by atoms with van der Waals surface area (Å²) in [4.78, 5) is 17.7. The molecule has 1 aliphatic heterocycles. The van der Waals surface area contributed by atoms with Gasteiger partial charge in [0.2, 0.25) is 0 Å². The van der Waals surface area contributed by atoms with Crippen molar-refractivity contribution >= 4 is 23.7 Å². The van der Waals surface area contributed by atoms with Crippen molar-refractivity contribution in [2.45, 2.75) is 37.9 Å². The lowest BCUT2D eigenvalue weighted by atomic mass is 10.1. The van der Waals surface area contributed by atoms with Crippen LogP contribution in [0, 0.1) is 11.7 Å². The molecule has 0 aromatic heterocycles. The molecule has 1 aromatic rings. The van der Waals surface area contributed by atoms with Crippen molar-refractivity contribution in [3.05, 3.63) is 46.9 Å². The van der Waals surface area contributed by atoms with Gasteiger partial charge in [-0.25, -0.2) is 13.2 Å². The number of hydrogen-bond donors (Lipinski definition) is 1. The standard InChI is InChI=1S/C18H19ClF3N3O/c19-15-13(3-1-4-14(15)20)18(26)24-10-12(9-11-5-6-11)25-8-2-7-23-17(25)16(21)22/h1-4,7-8,11-12,16-17H,5-6,9-10H2,(H,24,26). The van der Waals surface area contributed by atoms with Gasteiger partial charge in [-0.2, -0.15) is 0 Å². The van der Waals surface area contributed by atoms with Crippen LogP contribution in [-0.4, -0.2) is 42.2 Å². The molecular weight excluding hydrogens is 367 g/mol. The van der Waals surface area contributed by atoms with Crippen LogP contribution < -0.4 is 5.32 Å². The topological polar surface area (TPSA) is 44.7 Å². The Balaban J connectivity index is 1.70. The maximum absolute atomic E-state index is 13.5. The van der Waals surface area contributed by atoms with Gasteiger partial charge in [0.05, 0.1) is 10.6 Å². The Labute approximate surface area is 154 Å². The molecule has 140 valence electrons. The molecule has 2 atom stereocenters. The normalized spacial score (nSPS) is 20.5. The van der Waals surface area contributed by atoms with Gasteiger partial charge in [-0.15, -0.1) is 0 Å². The maximum atomic E-state index is 13.5. The minimum atomic E-state index is -2.63. The van der Waals surface area contributed by atoms with Crippen LogP contribution in [0.4, 0.5) is 13.2 Å². The highest BCUT2D eigenvalue weighted by Crippen LogP contribution is 2.35. The average Bonchev–Trinajstić information content (AvgIpc) is 3.44. The largest absolute Gasteiger partial charge is 0.350 e. The second kappa shape index (κ2) is 8.12. The van der Waals surface area contributed by atoms with Gasteiger partial charge < -0.3 is 10.2 Å². The van der Waals surface area contributed by atoms with E-state index in [0.717, 1.165) is 12.8 Å². The zero-order valence-corrected chi connectivity index (χ0v) is 14.7. The Kier molecular flexibility index (Phi) is 5.86. The van der Waals surface area contributed by atoms with Crippen molar-refractivity contribution in [3.63, 3.8) is 0 Å². The fourth-order valence-electron chi connectivity index (χ4n) is 3.01. The molecule has 2 aliphatic rings. The maximum Gasteiger partial charge on any atom is 0.278 e. The van der Waals surface area contributed by atoms with E-state index in [-0.39, 0.29) is 23.2 Å². The molecule has 1 aromatic carbocycles. The molecule has 0 spiro atoms. The van der Waals surface area contributed by atoms with E-state index >= 15 is 0 Å². The molecule has 1 N–H and O–H groups in total. The highest BCUT2D eigenvalue weighted by molar-refractivity contribution is 6.34. The summed E-state index contributed by atoms with van der Waals surface area (Å²) in [6.07, 6.45) is 3.43. The van der Waals surface area contributed by atoms with E-state index in [1.165, 1.54) is 29.3 Å². The first-order chi connectivity index (χ1) is 12.5. The van der Waals surface area contributed by atoms with Crippen LogP contribution in [0.1, 0.15) is 29.6 Å². The lowest BCUT2D eigenvalue weighted by molar-refractivity contribution is 0.0299. The molecule has 8 heteroatoms. The summed E-state index contributed by atoms with van der Waals surface area (Å²) >= 11 is 5.84. The number of hydrogen-bond acceptors (Lipinski definition) is 3. The van der Waals surface area contributed by atoms with Crippen molar-refractivity contribution in [2.75, 3.05) is 6.54 Å². The number of allylic oxidation sites excluding steroid dienone is 1. The zero-order valence-electron chi connectivity index (χ0n) is 13.9. The molecule has 26 heavy (non-hydrogen) atoms. The molecule has 1 heterocycles. The van der Waals surface area contributed by atoms with Crippen LogP contribution >= 0.6 is 11.6 Å². The SMILES string of the molecule is O=C(NCC(CC1CC1)N1C=CC=NC1C(F)F)c1cccc(F)c1Cl. The van der Waals surface area contributed by atoms with Crippen molar-refractivity contribution in [1.29, 1.82) is 0 Å². The van der Waals surface area contributed by atoms with E-state index in [0.29, 0.717) is 12.3 Å². The predicted octanol–water partition coefficient (Wildman–Crippen LogP) is 3.87. The van der Waals surface area contributed by atoms with Crippen molar-refractivity contribution in [3.8, 4) is 0 Å². The van der Waals surface area contributed by atoms with E-state index in [1.807, 2.05) is 0 Å². The van der Waals surface area contributed by atoms with Crippen LogP contribution in [-0.2, 0) is 0 Å². The van der Waals surface area contributed by atoms with Crippen LogP contribution in [0.2, 0.25) is 5.02 Å². The van der Waals surface area contributed by atoms with Gasteiger partial charge in [0.1, 0.15) is 5.82 Å². The molecule has 0 radical (unpaired) electrons. The third-order valence-electron chi connectivity index (χ3n) is 4.53. The Hall–Kier alpha value is -2.02. The predicted molar refractivity (Wildman–Crippen MR) is 94.1 cm³/mol. The summed E-state index contributed by atoms with van der Waals surface area (Å²) in [5.41, 5.74) is 0.0226. The van der Waals surface area contributed by atoms with Crippen molar-refractivity contribution in [1.82, 2.24) is 10.2 Å². The molecule has 0 saturated heterocycles. The number of benzene rings is 1. The number of rotatable bonds is 7. The van der Waals surface area contributed by atoms with Gasteiger partial charge in [0.25, 0.3) is 12.3 Å². The fraction of sp³-hybridized carbons (Fsp3) is 0.444. The number of nitrogens with one attached hydrogen (secondary N) is 1. The van der Waals surface area contributed by atoms with Crippen molar-refractivity contribution < 1.29 is 18.0 Å². The molecular formula is C18H19ClF3N3O. The lowest BCUT2D eigenvalue weighted by Crippen LogP contribution is -2.49. The monoisotopic (exact) mass is 385 g/mol. The second-order valence-electron chi connectivity index (χ2n) is 6.48. The molecule has 0 bridgehead atoms. The quantitative estimate of drug-likeness (QED) is 0.774.